The Hall–Kier alpha value is -5.14. The first-order chi connectivity index (χ1) is 20.3. The summed E-state index contributed by atoms with van der Waals surface area (Å²) in [6.07, 6.45) is 15.7. The van der Waals surface area contributed by atoms with Gasteiger partial charge in [0.15, 0.2) is 0 Å². The van der Waals surface area contributed by atoms with Gasteiger partial charge >= 0.3 is 0 Å². The first-order valence-electron chi connectivity index (χ1n) is 14.3. The summed E-state index contributed by atoms with van der Waals surface area (Å²) in [6.45, 7) is 0. The van der Waals surface area contributed by atoms with Crippen molar-refractivity contribution in [1.82, 2.24) is 0 Å². The molecule has 1 unspecified atom stereocenters. The summed E-state index contributed by atoms with van der Waals surface area (Å²) >= 11 is 0. The zero-order chi connectivity index (χ0) is 27.2. The number of hydrogen-bond donors (Lipinski definition) is 0. The smallest absolute Gasteiger partial charge is 0.0714 e. The van der Waals surface area contributed by atoms with Crippen LogP contribution in [0.15, 0.2) is 170 Å². The summed E-state index contributed by atoms with van der Waals surface area (Å²) in [6, 6.07) is 46.8. The van der Waals surface area contributed by atoms with Gasteiger partial charge in [0.05, 0.1) is 11.1 Å². The molecule has 0 N–H and O–H groups in total. The maximum Gasteiger partial charge on any atom is 0.0714 e. The molecule has 2 aliphatic carbocycles. The molecule has 1 heterocycles. The Kier molecular flexibility index (Phi) is 5.50. The molecule has 0 fully saturated rings. The first-order valence-corrected chi connectivity index (χ1v) is 14.3. The molecule has 0 aromatic heterocycles. The fourth-order valence-electron chi connectivity index (χ4n) is 6.97. The lowest BCUT2D eigenvalue weighted by Crippen LogP contribution is -2.29. The van der Waals surface area contributed by atoms with Gasteiger partial charge in [-0.3, -0.25) is 0 Å². The SMILES string of the molecule is C1=CC2=CC(C=C1)/C=C\c1ccccc1N2c1ccc2c(c1)C(c1ccccc1)(c1ccccc1)c1ccccc1-2. The molecule has 41 heavy (non-hydrogen) atoms. The Morgan fingerprint density at radius 1 is 0.537 bits per heavy atom. The van der Waals surface area contributed by atoms with E-state index in [0.717, 1.165) is 5.69 Å². The van der Waals surface area contributed by atoms with E-state index in [9.17, 15) is 0 Å². The maximum atomic E-state index is 2.44. The molecule has 0 saturated heterocycles. The van der Waals surface area contributed by atoms with Crippen LogP contribution in [-0.2, 0) is 5.41 Å². The predicted molar refractivity (Wildman–Crippen MR) is 171 cm³/mol. The summed E-state index contributed by atoms with van der Waals surface area (Å²) in [7, 11) is 0. The number of hydrogen-bond acceptors (Lipinski definition) is 1. The van der Waals surface area contributed by atoms with Gasteiger partial charge in [0, 0.05) is 17.3 Å². The number of anilines is 2. The van der Waals surface area contributed by atoms with Crippen molar-refractivity contribution < 1.29 is 0 Å². The highest BCUT2D eigenvalue weighted by molar-refractivity contribution is 5.89. The molecule has 3 aliphatic rings. The molecule has 5 aromatic carbocycles. The minimum atomic E-state index is -0.426. The maximum absolute atomic E-state index is 2.44. The average Bonchev–Trinajstić information content (AvgIpc) is 3.13. The number of benzene rings is 5. The van der Waals surface area contributed by atoms with Gasteiger partial charge in [-0.05, 0) is 69.3 Å². The lowest BCUT2D eigenvalue weighted by Gasteiger charge is -2.35. The lowest BCUT2D eigenvalue weighted by molar-refractivity contribution is 0.768. The van der Waals surface area contributed by atoms with Crippen molar-refractivity contribution in [2.75, 3.05) is 4.90 Å². The topological polar surface area (TPSA) is 3.24 Å². The van der Waals surface area contributed by atoms with E-state index in [1.807, 2.05) is 0 Å². The standard InChI is InChI=1S/C40H29N/c1-3-15-31(16-4-1)40(32-17-5-2-6-18-32)37-21-11-10-20-35(37)36-26-25-34(28-38(36)40)41-33-19-9-7-13-29(27-33)23-24-30-14-8-12-22-39(30)41/h1-29H/b24-23-. The minimum Gasteiger partial charge on any atom is -0.310 e. The summed E-state index contributed by atoms with van der Waals surface area (Å²) in [4.78, 5) is 2.43. The van der Waals surface area contributed by atoms with Crippen LogP contribution in [0.3, 0.4) is 0 Å². The van der Waals surface area contributed by atoms with E-state index in [2.05, 4.69) is 175 Å². The first kappa shape index (κ1) is 23.7. The van der Waals surface area contributed by atoms with Crippen molar-refractivity contribution in [2.24, 2.45) is 5.92 Å². The van der Waals surface area contributed by atoms with E-state index < -0.39 is 5.41 Å². The molecular formula is C40H29N. The molecule has 0 radical (unpaired) electrons. The Morgan fingerprint density at radius 3 is 2.02 bits per heavy atom. The highest BCUT2D eigenvalue weighted by atomic mass is 15.1. The average molecular weight is 524 g/mol. The summed E-state index contributed by atoms with van der Waals surface area (Å²) in [5.41, 5.74) is 12.1. The van der Waals surface area contributed by atoms with Crippen molar-refractivity contribution in [2.45, 2.75) is 5.41 Å². The van der Waals surface area contributed by atoms with Crippen LogP contribution in [0.4, 0.5) is 11.4 Å². The summed E-state index contributed by atoms with van der Waals surface area (Å²) in [5.74, 6) is 0.238. The Balaban J connectivity index is 1.44. The third-order valence-electron chi connectivity index (χ3n) is 8.71. The molecule has 2 bridgehead atoms. The monoisotopic (exact) mass is 523 g/mol. The van der Waals surface area contributed by atoms with Gasteiger partial charge in [0.2, 0.25) is 0 Å². The Bertz CT molecular complexity index is 1850. The van der Waals surface area contributed by atoms with E-state index in [4.69, 9.17) is 0 Å². The lowest BCUT2D eigenvalue weighted by atomic mass is 9.67. The minimum absolute atomic E-state index is 0.238. The molecule has 0 spiro atoms. The Morgan fingerprint density at radius 2 is 1.22 bits per heavy atom. The van der Waals surface area contributed by atoms with Crippen molar-refractivity contribution in [3.8, 4) is 11.1 Å². The molecule has 1 heteroatoms. The fraction of sp³-hybridized carbons (Fsp3) is 0.0500. The number of rotatable bonds is 3. The van der Waals surface area contributed by atoms with Crippen molar-refractivity contribution >= 4 is 17.5 Å². The van der Waals surface area contributed by atoms with Crippen LogP contribution >= 0.6 is 0 Å². The number of para-hydroxylation sites is 1. The van der Waals surface area contributed by atoms with E-state index in [1.165, 1.54) is 50.3 Å². The van der Waals surface area contributed by atoms with Crippen LogP contribution in [0.5, 0.6) is 0 Å². The van der Waals surface area contributed by atoms with Gasteiger partial charge in [-0.1, -0.05) is 140 Å². The van der Waals surface area contributed by atoms with Crippen LogP contribution in [0.2, 0.25) is 0 Å². The van der Waals surface area contributed by atoms with E-state index in [0.29, 0.717) is 0 Å². The third kappa shape index (κ3) is 3.63. The van der Waals surface area contributed by atoms with Gasteiger partial charge in [0.25, 0.3) is 0 Å². The normalized spacial score (nSPS) is 18.3. The molecule has 8 rings (SSSR count). The van der Waals surface area contributed by atoms with Crippen LogP contribution in [0.25, 0.3) is 17.2 Å². The van der Waals surface area contributed by atoms with Gasteiger partial charge in [-0.25, -0.2) is 0 Å². The van der Waals surface area contributed by atoms with Crippen molar-refractivity contribution in [1.29, 1.82) is 0 Å². The second kappa shape index (κ2) is 9.50. The quantitative estimate of drug-likeness (QED) is 0.223. The van der Waals surface area contributed by atoms with Crippen LogP contribution in [-0.4, -0.2) is 0 Å². The van der Waals surface area contributed by atoms with E-state index >= 15 is 0 Å². The molecule has 5 aromatic rings. The molecule has 1 aliphatic heterocycles. The van der Waals surface area contributed by atoms with Gasteiger partial charge in [0.1, 0.15) is 0 Å². The van der Waals surface area contributed by atoms with Gasteiger partial charge in [-0.2, -0.15) is 0 Å². The molecule has 0 saturated carbocycles. The van der Waals surface area contributed by atoms with Crippen molar-refractivity contribution in [3.63, 3.8) is 0 Å². The fourth-order valence-corrected chi connectivity index (χ4v) is 6.97. The van der Waals surface area contributed by atoms with Crippen LogP contribution in [0, 0.1) is 5.92 Å². The zero-order valence-electron chi connectivity index (χ0n) is 22.7. The van der Waals surface area contributed by atoms with E-state index in [-0.39, 0.29) is 5.92 Å². The van der Waals surface area contributed by atoms with E-state index in [1.54, 1.807) is 0 Å². The third-order valence-corrected chi connectivity index (χ3v) is 8.71. The van der Waals surface area contributed by atoms with Gasteiger partial charge in [-0.15, -0.1) is 0 Å². The zero-order valence-corrected chi connectivity index (χ0v) is 22.7. The largest absolute Gasteiger partial charge is 0.310 e. The molecule has 1 nitrogen and oxygen atoms in total. The van der Waals surface area contributed by atoms with Crippen LogP contribution < -0.4 is 4.90 Å². The molecule has 194 valence electrons. The summed E-state index contributed by atoms with van der Waals surface area (Å²) in [5, 5.41) is 0. The van der Waals surface area contributed by atoms with Crippen LogP contribution in [0.1, 0.15) is 27.8 Å². The molecule has 1 atom stereocenters. The second-order valence-electron chi connectivity index (χ2n) is 10.9. The van der Waals surface area contributed by atoms with Crippen molar-refractivity contribution in [3.05, 3.63) is 197 Å². The Labute approximate surface area is 241 Å². The number of fused-ring (bicyclic) bond motifs is 5. The number of nitrogens with zero attached hydrogens (tertiary/aromatic N) is 1. The highest BCUT2D eigenvalue weighted by Crippen LogP contribution is 2.57. The summed E-state index contributed by atoms with van der Waals surface area (Å²) < 4.78 is 0. The second-order valence-corrected chi connectivity index (χ2v) is 10.9. The van der Waals surface area contributed by atoms with Gasteiger partial charge < -0.3 is 4.90 Å². The highest BCUT2D eigenvalue weighted by Gasteiger charge is 2.46. The predicted octanol–water partition coefficient (Wildman–Crippen LogP) is 9.84. The number of allylic oxidation sites excluding steroid dienone is 6. The molecule has 0 amide bonds. The molecular weight excluding hydrogens is 494 g/mol.